The molecule has 0 atom stereocenters. The minimum Gasteiger partial charge on any atom is -0.147 e. The Bertz CT molecular complexity index is 6.85. The van der Waals surface area contributed by atoms with Crippen LogP contribution in [0.5, 0.6) is 0 Å². The fourth-order valence-electron chi connectivity index (χ4n) is 0. The monoisotopic (exact) mass is 452 g/mol. The van der Waals surface area contributed by atoms with Crippen molar-refractivity contribution in [3.05, 3.63) is 0 Å². The van der Waals surface area contributed by atoms with Gasteiger partial charge in [-0.25, -0.2) is 0 Å². The van der Waals surface area contributed by atoms with Crippen molar-refractivity contribution in [1.29, 1.82) is 0 Å². The Balaban J connectivity index is 0. The summed E-state index contributed by atoms with van der Waals surface area (Å²) >= 11 is 0. The molecule has 0 spiro atoms. The Hall–Kier alpha value is 2.70. The molecule has 0 unspecified atom stereocenters. The highest BCUT2D eigenvalue weighted by Crippen LogP contribution is 0.888. The molecule has 5 heavy (non-hydrogen) atoms. The van der Waals surface area contributed by atoms with Gasteiger partial charge in [-0.3, -0.25) is 0 Å². The van der Waals surface area contributed by atoms with Crippen LogP contribution >= 0.6 is 84.3 Å². The van der Waals surface area contributed by atoms with Gasteiger partial charge in [-0.05, 0) is 11.0 Å². The second kappa shape index (κ2) is 29.9. The minimum atomic E-state index is 0. The zero-order chi connectivity index (χ0) is 0. The van der Waals surface area contributed by atoms with Crippen LogP contribution in [0.2, 0.25) is 0 Å². The quantitative estimate of drug-likeness (QED) is 0.378. The van der Waals surface area contributed by atoms with Gasteiger partial charge in [0.05, 0.1) is 0 Å². The molecule has 0 aliphatic heterocycles. The van der Waals surface area contributed by atoms with Crippen LogP contribution in [0.25, 0.3) is 0 Å². The summed E-state index contributed by atoms with van der Waals surface area (Å²) in [7, 11) is 0. The van der Waals surface area contributed by atoms with Crippen LogP contribution in [-0.2, 0) is 0 Å². The third-order valence-corrected chi connectivity index (χ3v) is 0. The molecule has 0 fully saturated rings. The molecule has 0 rings (SSSR count). The Morgan fingerprint density at radius 3 is 0.600 bits per heavy atom. The van der Waals surface area contributed by atoms with Gasteiger partial charge in [-0.1, -0.05) is 0 Å². The number of rotatable bonds is 0. The smallest absolute Gasteiger partial charge is 0.0149 e. The van der Waals surface area contributed by atoms with Crippen molar-refractivity contribution >= 4 is 95.3 Å². The molecule has 0 aliphatic rings. The van der Waals surface area contributed by atoms with Gasteiger partial charge in [0.25, 0.3) is 0 Å². The lowest BCUT2D eigenvalue weighted by Crippen LogP contribution is -0.381. The maximum absolute atomic E-state index is 0. The van der Waals surface area contributed by atoms with Crippen LogP contribution in [-0.4, -0.2) is 11.0 Å². The zero-order valence-electron chi connectivity index (χ0n) is 1.63. The van der Waals surface area contributed by atoms with Crippen molar-refractivity contribution in [2.24, 2.45) is 0 Å². The van der Waals surface area contributed by atoms with E-state index in [1.54, 1.807) is 0 Å². The van der Waals surface area contributed by atoms with E-state index in [2.05, 4.69) is 0 Å². The molecule has 0 N–H and O–H groups in total. The first kappa shape index (κ1) is 47.5. The van der Waals surface area contributed by atoms with Gasteiger partial charge in [0.15, 0.2) is 0 Å². The lowest BCUT2D eigenvalue weighted by molar-refractivity contribution is 5.75. The molecule has 0 aliphatic carbocycles. The van der Waals surface area contributed by atoms with Gasteiger partial charge in [-0.2, -0.15) is 0 Å². The van der Waals surface area contributed by atoms with E-state index in [0.29, 0.717) is 0 Å². The highest BCUT2D eigenvalue weighted by molar-refractivity contribution is 14.0. The predicted octanol–water partition coefficient (Wildman–Crippen LogP) is 0.824. The SMILES string of the molecule is Cl.I.I.I.[SiH4]. The Labute approximate surface area is 93.7 Å². The second-order valence-electron chi connectivity index (χ2n) is 0. The molecule has 0 heterocycles. The number of hydrogen-bond donors (Lipinski definition) is 0. The lowest BCUT2D eigenvalue weighted by Gasteiger charge is -0.147. The van der Waals surface area contributed by atoms with Crippen LogP contribution in [0.1, 0.15) is 0 Å². The van der Waals surface area contributed by atoms with Crippen molar-refractivity contribution in [2.45, 2.75) is 0 Å². The number of halogens is 4. The molecular weight excluding hydrogens is 444 g/mol. The van der Waals surface area contributed by atoms with Gasteiger partial charge < -0.3 is 0 Å². The molecule has 0 radical (unpaired) electrons. The normalized spacial score (nSPS) is 0. The predicted molar refractivity (Wildman–Crippen MR) is 64.8 cm³/mol. The summed E-state index contributed by atoms with van der Waals surface area (Å²) < 4.78 is 0. The van der Waals surface area contributed by atoms with Gasteiger partial charge in [-0.15, -0.1) is 84.3 Å². The van der Waals surface area contributed by atoms with E-state index in [-0.39, 0.29) is 95.3 Å². The van der Waals surface area contributed by atoms with E-state index in [1.165, 1.54) is 0 Å². The number of hydrogen-bond acceptors (Lipinski definition) is 0. The average Bonchev–Trinajstić information content (AvgIpc) is 0. The van der Waals surface area contributed by atoms with Gasteiger partial charge in [0.1, 0.15) is 0 Å². The van der Waals surface area contributed by atoms with Crippen LogP contribution in [0, 0.1) is 0 Å². The van der Waals surface area contributed by atoms with Crippen LogP contribution in [0.4, 0.5) is 0 Å². The van der Waals surface area contributed by atoms with Crippen molar-refractivity contribution in [3.63, 3.8) is 0 Å². The highest BCUT2D eigenvalue weighted by atomic mass is 127. The lowest BCUT2D eigenvalue weighted by atomic mass is 28.1. The van der Waals surface area contributed by atoms with Crippen molar-refractivity contribution < 1.29 is 0 Å². The third kappa shape index (κ3) is 20.3. The third-order valence-electron chi connectivity index (χ3n) is 0. The molecular formula is H8ClI3Si. The average molecular weight is 452 g/mol. The maximum atomic E-state index is 0. The van der Waals surface area contributed by atoms with Crippen molar-refractivity contribution in [3.8, 4) is 0 Å². The van der Waals surface area contributed by atoms with E-state index in [0.717, 1.165) is 0 Å². The Morgan fingerprint density at radius 2 is 0.600 bits per heavy atom. The van der Waals surface area contributed by atoms with E-state index >= 15 is 0 Å². The van der Waals surface area contributed by atoms with E-state index in [1.807, 2.05) is 0 Å². The molecule has 0 amide bonds. The first-order valence-electron chi connectivity index (χ1n) is 0. The minimum absolute atomic E-state index is 0. The fourth-order valence-corrected chi connectivity index (χ4v) is 0. The summed E-state index contributed by atoms with van der Waals surface area (Å²) in [5.41, 5.74) is 0. The first-order valence-corrected chi connectivity index (χ1v) is 0. The summed E-state index contributed by atoms with van der Waals surface area (Å²) in [4.78, 5) is 0. The molecule has 5 heteroatoms. The van der Waals surface area contributed by atoms with Gasteiger partial charge in [0, 0.05) is 0 Å². The highest BCUT2D eigenvalue weighted by Gasteiger charge is -0.0148. The fraction of sp³-hybridized carbons (Fsp3) is 0. The molecule has 0 saturated carbocycles. The van der Waals surface area contributed by atoms with Crippen LogP contribution in [0.3, 0.4) is 0 Å². The van der Waals surface area contributed by atoms with Crippen LogP contribution in [0.15, 0.2) is 0 Å². The zero-order valence-corrected chi connectivity index (χ0v) is 9.44. The molecule has 0 bridgehead atoms. The van der Waals surface area contributed by atoms with Crippen LogP contribution < -0.4 is 0 Å². The maximum Gasteiger partial charge on any atom is -0.0149 e. The molecule has 0 aromatic carbocycles. The van der Waals surface area contributed by atoms with Gasteiger partial charge >= 0.3 is 0 Å². The molecule has 40 valence electrons. The first-order chi connectivity index (χ1) is 0. The van der Waals surface area contributed by atoms with E-state index < -0.39 is 0 Å². The van der Waals surface area contributed by atoms with Gasteiger partial charge in [0.2, 0.25) is 0 Å². The molecule has 0 aromatic rings. The van der Waals surface area contributed by atoms with Crippen molar-refractivity contribution in [1.82, 2.24) is 0 Å². The summed E-state index contributed by atoms with van der Waals surface area (Å²) in [6.07, 6.45) is 0. The summed E-state index contributed by atoms with van der Waals surface area (Å²) in [6, 6.07) is 0. The summed E-state index contributed by atoms with van der Waals surface area (Å²) in [5.74, 6) is 0. The Kier molecular flexibility index (Phi) is 284. The topological polar surface area (TPSA) is 0 Å². The molecule has 0 nitrogen and oxygen atoms in total. The second-order valence-corrected chi connectivity index (χ2v) is 0. The molecule has 0 saturated heterocycles. The van der Waals surface area contributed by atoms with E-state index in [4.69, 9.17) is 0 Å². The van der Waals surface area contributed by atoms with E-state index in [9.17, 15) is 0 Å². The summed E-state index contributed by atoms with van der Waals surface area (Å²) in [6.45, 7) is 0. The summed E-state index contributed by atoms with van der Waals surface area (Å²) in [5, 5.41) is 0. The molecule has 0 aromatic heterocycles. The largest absolute Gasteiger partial charge is 0.147 e. The standard InChI is InChI=1S/ClH.3HI.H4Si/h4*1H;1H4. The van der Waals surface area contributed by atoms with Crippen molar-refractivity contribution in [2.75, 3.05) is 0 Å². The Morgan fingerprint density at radius 1 is 0.600 bits per heavy atom.